The highest BCUT2D eigenvalue weighted by Crippen LogP contribution is 2.18. The van der Waals surface area contributed by atoms with E-state index < -0.39 is 0 Å². The number of hydrogen-bond donors (Lipinski definition) is 2. The topological polar surface area (TPSA) is 76.4 Å². The standard InChI is InChI=1S/C23H32N6OS.HI/c1-16(2)15-30-20-10-8-19(9-11-20)17(3)26-23(24-13-21-7-6-12-31-21)25-14-22-28-27-18(4)29(22)5;/h6-12,16-17H,13-15H2,1-5H3,(H2,24,25,26);1H. The summed E-state index contributed by atoms with van der Waals surface area (Å²) in [6.07, 6.45) is 0. The lowest BCUT2D eigenvalue weighted by molar-refractivity contribution is 0.271. The van der Waals surface area contributed by atoms with E-state index >= 15 is 0 Å². The monoisotopic (exact) mass is 568 g/mol. The summed E-state index contributed by atoms with van der Waals surface area (Å²) in [5, 5.41) is 17.3. The Morgan fingerprint density at radius 3 is 2.50 bits per heavy atom. The molecule has 1 atom stereocenters. The van der Waals surface area contributed by atoms with Gasteiger partial charge in [0.25, 0.3) is 0 Å². The van der Waals surface area contributed by atoms with Crippen LogP contribution in [-0.2, 0) is 20.1 Å². The highest BCUT2D eigenvalue weighted by Gasteiger charge is 2.11. The van der Waals surface area contributed by atoms with Gasteiger partial charge in [-0.3, -0.25) is 0 Å². The summed E-state index contributed by atoms with van der Waals surface area (Å²) in [4.78, 5) is 6.00. The van der Waals surface area contributed by atoms with Crippen molar-refractivity contribution in [1.82, 2.24) is 25.4 Å². The molecule has 0 spiro atoms. The zero-order chi connectivity index (χ0) is 22.2. The lowest BCUT2D eigenvalue weighted by Crippen LogP contribution is -2.38. The van der Waals surface area contributed by atoms with Gasteiger partial charge in [0, 0.05) is 11.9 Å². The number of aromatic nitrogens is 3. The molecule has 0 saturated carbocycles. The van der Waals surface area contributed by atoms with Crippen molar-refractivity contribution in [2.45, 2.75) is 46.8 Å². The Bertz CT molecular complexity index is 969. The summed E-state index contributed by atoms with van der Waals surface area (Å²) in [5.74, 6) is 3.84. The number of hydrogen-bond acceptors (Lipinski definition) is 5. The summed E-state index contributed by atoms with van der Waals surface area (Å²) in [5.41, 5.74) is 1.16. The molecule has 32 heavy (non-hydrogen) atoms. The van der Waals surface area contributed by atoms with E-state index in [9.17, 15) is 0 Å². The van der Waals surface area contributed by atoms with Crippen molar-refractivity contribution in [2.75, 3.05) is 6.61 Å². The van der Waals surface area contributed by atoms with Crippen molar-refractivity contribution < 1.29 is 4.74 Å². The summed E-state index contributed by atoms with van der Waals surface area (Å²) < 4.78 is 7.75. The van der Waals surface area contributed by atoms with Crippen LogP contribution in [0.2, 0.25) is 0 Å². The molecule has 1 unspecified atom stereocenters. The van der Waals surface area contributed by atoms with Gasteiger partial charge in [-0.25, -0.2) is 4.99 Å². The normalized spacial score (nSPS) is 12.4. The second-order valence-electron chi connectivity index (χ2n) is 7.96. The Labute approximate surface area is 211 Å². The van der Waals surface area contributed by atoms with Crippen LogP contribution in [0.15, 0.2) is 46.8 Å². The van der Waals surface area contributed by atoms with Gasteiger partial charge in [0.15, 0.2) is 11.8 Å². The maximum atomic E-state index is 5.79. The van der Waals surface area contributed by atoms with Crippen LogP contribution in [0.1, 0.15) is 48.9 Å². The molecule has 7 nitrogen and oxygen atoms in total. The molecule has 3 rings (SSSR count). The lowest BCUT2D eigenvalue weighted by Gasteiger charge is -2.19. The second kappa shape index (κ2) is 12.8. The minimum Gasteiger partial charge on any atom is -0.493 e. The Morgan fingerprint density at radius 2 is 1.91 bits per heavy atom. The molecule has 0 amide bonds. The van der Waals surface area contributed by atoms with E-state index in [2.05, 4.69) is 71.2 Å². The molecule has 174 valence electrons. The van der Waals surface area contributed by atoms with Crippen LogP contribution in [0.5, 0.6) is 5.75 Å². The third-order valence-corrected chi connectivity index (χ3v) is 5.76. The molecule has 3 aromatic rings. The molecule has 0 aliphatic rings. The van der Waals surface area contributed by atoms with Gasteiger partial charge in [0.05, 0.1) is 19.2 Å². The van der Waals surface area contributed by atoms with Crippen molar-refractivity contribution in [2.24, 2.45) is 18.0 Å². The van der Waals surface area contributed by atoms with Crippen molar-refractivity contribution >= 4 is 41.3 Å². The highest BCUT2D eigenvalue weighted by molar-refractivity contribution is 14.0. The first kappa shape index (κ1) is 26.1. The maximum absolute atomic E-state index is 5.79. The number of rotatable bonds is 9. The van der Waals surface area contributed by atoms with Crippen LogP contribution in [-0.4, -0.2) is 27.3 Å². The molecule has 0 radical (unpaired) electrons. The predicted octanol–water partition coefficient (Wildman–Crippen LogP) is 4.83. The minimum absolute atomic E-state index is 0. The zero-order valence-corrected chi connectivity index (χ0v) is 22.5. The number of aryl methyl sites for hydroxylation is 1. The molecule has 2 heterocycles. The van der Waals surface area contributed by atoms with Gasteiger partial charge in [-0.1, -0.05) is 32.0 Å². The molecule has 0 aliphatic heterocycles. The SMILES string of the molecule is Cc1nnc(CN=C(NCc2cccs2)NC(C)c2ccc(OCC(C)C)cc2)n1C.I. The molecule has 0 bridgehead atoms. The third-order valence-electron chi connectivity index (χ3n) is 4.89. The second-order valence-corrected chi connectivity index (χ2v) is 8.99. The van der Waals surface area contributed by atoms with Crippen LogP contribution in [0.4, 0.5) is 0 Å². The minimum atomic E-state index is 0. The van der Waals surface area contributed by atoms with E-state index in [1.165, 1.54) is 4.88 Å². The number of ether oxygens (including phenoxy) is 1. The number of nitrogens with one attached hydrogen (secondary N) is 2. The van der Waals surface area contributed by atoms with Gasteiger partial charge in [-0.2, -0.15) is 0 Å². The van der Waals surface area contributed by atoms with Gasteiger partial charge < -0.3 is 19.9 Å². The Hall–Kier alpha value is -2.14. The van der Waals surface area contributed by atoms with E-state index in [0.717, 1.165) is 42.1 Å². The molecule has 0 saturated heterocycles. The molecule has 2 N–H and O–H groups in total. The average Bonchev–Trinajstić information content (AvgIpc) is 3.39. The fourth-order valence-electron chi connectivity index (χ4n) is 2.88. The summed E-state index contributed by atoms with van der Waals surface area (Å²) in [7, 11) is 1.96. The molecule has 0 aliphatic carbocycles. The summed E-state index contributed by atoms with van der Waals surface area (Å²) in [6, 6.07) is 12.5. The molecule has 2 aromatic heterocycles. The van der Waals surface area contributed by atoms with Crippen molar-refractivity contribution in [3.05, 3.63) is 63.9 Å². The summed E-state index contributed by atoms with van der Waals surface area (Å²) >= 11 is 1.72. The van der Waals surface area contributed by atoms with Crippen molar-refractivity contribution in [3.8, 4) is 5.75 Å². The van der Waals surface area contributed by atoms with Gasteiger partial charge in [0.1, 0.15) is 18.1 Å². The molecular formula is C23H33IN6OS. The van der Waals surface area contributed by atoms with Crippen LogP contribution in [0.25, 0.3) is 0 Å². The van der Waals surface area contributed by atoms with E-state index in [0.29, 0.717) is 12.5 Å². The smallest absolute Gasteiger partial charge is 0.192 e. The lowest BCUT2D eigenvalue weighted by atomic mass is 10.1. The summed E-state index contributed by atoms with van der Waals surface area (Å²) in [6.45, 7) is 10.2. The Kier molecular flexibility index (Phi) is 10.4. The Balaban J connectivity index is 0.00000363. The van der Waals surface area contributed by atoms with E-state index in [4.69, 9.17) is 9.73 Å². The molecular weight excluding hydrogens is 535 g/mol. The van der Waals surface area contributed by atoms with Crippen LogP contribution in [0.3, 0.4) is 0 Å². The van der Waals surface area contributed by atoms with Crippen LogP contribution < -0.4 is 15.4 Å². The van der Waals surface area contributed by atoms with Gasteiger partial charge >= 0.3 is 0 Å². The Morgan fingerprint density at radius 1 is 1.16 bits per heavy atom. The van der Waals surface area contributed by atoms with Gasteiger partial charge in [-0.05, 0) is 48.9 Å². The number of aliphatic imine (C=N–C) groups is 1. The zero-order valence-electron chi connectivity index (χ0n) is 19.3. The average molecular weight is 569 g/mol. The number of thiophene rings is 1. The molecule has 0 fully saturated rings. The van der Waals surface area contributed by atoms with Crippen LogP contribution in [0, 0.1) is 12.8 Å². The third kappa shape index (κ3) is 7.77. The quantitative estimate of drug-likeness (QED) is 0.220. The van der Waals surface area contributed by atoms with Crippen molar-refractivity contribution in [1.29, 1.82) is 0 Å². The molecule has 9 heteroatoms. The highest BCUT2D eigenvalue weighted by atomic mass is 127. The number of halogens is 1. The first-order valence-corrected chi connectivity index (χ1v) is 11.4. The van der Waals surface area contributed by atoms with Gasteiger partial charge in [0.2, 0.25) is 0 Å². The largest absolute Gasteiger partial charge is 0.493 e. The first-order valence-electron chi connectivity index (χ1n) is 10.6. The van der Waals surface area contributed by atoms with E-state index in [-0.39, 0.29) is 30.0 Å². The fraction of sp³-hybridized carbons (Fsp3) is 0.435. The van der Waals surface area contributed by atoms with Gasteiger partial charge in [-0.15, -0.1) is 45.5 Å². The van der Waals surface area contributed by atoms with E-state index in [1.54, 1.807) is 11.3 Å². The van der Waals surface area contributed by atoms with Crippen molar-refractivity contribution in [3.63, 3.8) is 0 Å². The van der Waals surface area contributed by atoms with E-state index in [1.807, 2.05) is 30.7 Å². The fourth-order valence-corrected chi connectivity index (χ4v) is 3.52. The maximum Gasteiger partial charge on any atom is 0.192 e. The van der Waals surface area contributed by atoms with Crippen LogP contribution >= 0.6 is 35.3 Å². The number of nitrogens with zero attached hydrogens (tertiary/aromatic N) is 4. The molecule has 1 aromatic carbocycles. The first-order chi connectivity index (χ1) is 14.9. The predicted molar refractivity (Wildman–Crippen MR) is 142 cm³/mol. The number of benzene rings is 1. The number of guanidine groups is 1.